The molecule has 4 amide bonds. The number of hydrogen-bond donors (Lipinski definition) is 1. The van der Waals surface area contributed by atoms with E-state index < -0.39 is 17.8 Å². The van der Waals surface area contributed by atoms with E-state index in [4.69, 9.17) is 4.42 Å². The van der Waals surface area contributed by atoms with E-state index in [0.29, 0.717) is 17.4 Å². The van der Waals surface area contributed by atoms with Gasteiger partial charge in [-0.3, -0.25) is 14.9 Å². The fraction of sp³-hybridized carbons (Fsp3) is 0.150. The van der Waals surface area contributed by atoms with Crippen LogP contribution < -0.4 is 10.2 Å². The number of allylic oxidation sites excluding steroid dienone is 2. The molecule has 1 aromatic heterocycles. The first-order valence-corrected chi connectivity index (χ1v) is 8.19. The Balaban J connectivity index is 1.87. The van der Waals surface area contributed by atoms with Crippen LogP contribution in [0.25, 0.3) is 6.08 Å². The number of urea groups is 1. The second-order valence-corrected chi connectivity index (χ2v) is 6.10. The molecule has 132 valence electrons. The van der Waals surface area contributed by atoms with Gasteiger partial charge in [0.1, 0.15) is 11.3 Å². The Hall–Kier alpha value is -3.41. The maximum atomic E-state index is 12.7. The minimum absolute atomic E-state index is 0.125. The second-order valence-electron chi connectivity index (χ2n) is 6.10. The SMILES string of the molecule is CC(C)c1ccc(N2C(=O)NC(=O)/C(=C/C=C/c3ccco3)C2=O)cc1. The van der Waals surface area contributed by atoms with E-state index in [-0.39, 0.29) is 5.57 Å². The molecule has 1 aliphatic rings. The van der Waals surface area contributed by atoms with E-state index in [9.17, 15) is 14.4 Å². The van der Waals surface area contributed by atoms with Crippen molar-refractivity contribution in [2.45, 2.75) is 19.8 Å². The van der Waals surface area contributed by atoms with Crippen LogP contribution in [0.5, 0.6) is 0 Å². The van der Waals surface area contributed by atoms with E-state index in [2.05, 4.69) is 19.2 Å². The summed E-state index contributed by atoms with van der Waals surface area (Å²) in [6.07, 6.45) is 6.03. The lowest BCUT2D eigenvalue weighted by Gasteiger charge is -2.26. The van der Waals surface area contributed by atoms with Crippen LogP contribution >= 0.6 is 0 Å². The monoisotopic (exact) mass is 350 g/mol. The minimum atomic E-state index is -0.760. The summed E-state index contributed by atoms with van der Waals surface area (Å²) in [4.78, 5) is 37.8. The summed E-state index contributed by atoms with van der Waals surface area (Å²) in [7, 11) is 0. The zero-order chi connectivity index (χ0) is 18.7. The molecule has 0 aliphatic carbocycles. The number of benzene rings is 1. The van der Waals surface area contributed by atoms with Crippen molar-refractivity contribution < 1.29 is 18.8 Å². The Morgan fingerprint density at radius 3 is 2.42 bits per heavy atom. The molecular formula is C20H18N2O4. The Bertz CT molecular complexity index is 890. The van der Waals surface area contributed by atoms with Gasteiger partial charge in [-0.1, -0.05) is 32.1 Å². The van der Waals surface area contributed by atoms with Gasteiger partial charge >= 0.3 is 6.03 Å². The Kier molecular flexibility index (Phi) is 4.84. The third-order valence-electron chi connectivity index (χ3n) is 3.99. The molecule has 1 aromatic carbocycles. The third-order valence-corrected chi connectivity index (χ3v) is 3.99. The molecule has 6 heteroatoms. The number of rotatable bonds is 4. The molecule has 0 atom stereocenters. The van der Waals surface area contributed by atoms with Gasteiger partial charge in [0.05, 0.1) is 12.0 Å². The molecule has 1 aliphatic heterocycles. The van der Waals surface area contributed by atoms with E-state index in [1.807, 2.05) is 12.1 Å². The molecule has 2 heterocycles. The van der Waals surface area contributed by atoms with Gasteiger partial charge in [0.25, 0.3) is 11.8 Å². The molecule has 0 spiro atoms. The smallest absolute Gasteiger partial charge is 0.335 e. The highest BCUT2D eigenvalue weighted by Gasteiger charge is 2.36. The lowest BCUT2D eigenvalue weighted by molar-refractivity contribution is -0.122. The van der Waals surface area contributed by atoms with E-state index >= 15 is 0 Å². The van der Waals surface area contributed by atoms with Crippen LogP contribution in [0, 0.1) is 0 Å². The topological polar surface area (TPSA) is 79.6 Å². The molecule has 0 radical (unpaired) electrons. The van der Waals surface area contributed by atoms with Crippen LogP contribution in [0.15, 0.2) is 64.8 Å². The standard InChI is InChI=1S/C20H18N2O4/c1-13(2)14-8-10-15(11-9-14)22-19(24)17(18(23)21-20(22)25)7-3-5-16-6-4-12-26-16/h3-13H,1-2H3,(H,21,23,25)/b5-3+,17-7-. The molecule has 1 fully saturated rings. The summed E-state index contributed by atoms with van der Waals surface area (Å²) in [5.41, 5.74) is 1.37. The number of nitrogens with zero attached hydrogens (tertiary/aromatic N) is 1. The molecule has 6 nitrogen and oxygen atoms in total. The van der Waals surface area contributed by atoms with E-state index in [0.717, 1.165) is 10.5 Å². The zero-order valence-electron chi connectivity index (χ0n) is 14.4. The van der Waals surface area contributed by atoms with Crippen molar-refractivity contribution in [3.63, 3.8) is 0 Å². The largest absolute Gasteiger partial charge is 0.465 e. The number of carbonyl (C=O) groups excluding carboxylic acids is 3. The summed E-state index contributed by atoms with van der Waals surface area (Å²) < 4.78 is 5.15. The lowest BCUT2D eigenvalue weighted by Crippen LogP contribution is -2.54. The van der Waals surface area contributed by atoms with Gasteiger partial charge in [0.15, 0.2) is 0 Å². The normalized spacial score (nSPS) is 16.8. The predicted octanol–water partition coefficient (Wildman–Crippen LogP) is 3.63. The molecule has 2 aromatic rings. The van der Waals surface area contributed by atoms with Crippen LogP contribution in [0.3, 0.4) is 0 Å². The van der Waals surface area contributed by atoms with Crippen LogP contribution in [-0.2, 0) is 9.59 Å². The van der Waals surface area contributed by atoms with Crippen molar-refractivity contribution in [2.75, 3.05) is 4.90 Å². The average Bonchev–Trinajstić information content (AvgIpc) is 3.11. The van der Waals surface area contributed by atoms with Crippen molar-refractivity contribution in [2.24, 2.45) is 0 Å². The zero-order valence-corrected chi connectivity index (χ0v) is 14.4. The van der Waals surface area contributed by atoms with E-state index in [1.165, 1.54) is 18.4 Å². The van der Waals surface area contributed by atoms with Gasteiger partial charge in [-0.15, -0.1) is 0 Å². The van der Waals surface area contributed by atoms with Gasteiger partial charge in [-0.25, -0.2) is 9.69 Å². The summed E-state index contributed by atoms with van der Waals surface area (Å²) in [6.45, 7) is 4.11. The number of anilines is 1. The van der Waals surface area contributed by atoms with Gasteiger partial charge in [-0.05, 0) is 47.9 Å². The highest BCUT2D eigenvalue weighted by molar-refractivity contribution is 6.37. The highest BCUT2D eigenvalue weighted by atomic mass is 16.3. The van der Waals surface area contributed by atoms with Crippen molar-refractivity contribution in [1.82, 2.24) is 5.32 Å². The molecule has 1 saturated heterocycles. The fourth-order valence-electron chi connectivity index (χ4n) is 2.55. The molecule has 0 unspecified atom stereocenters. The fourth-order valence-corrected chi connectivity index (χ4v) is 2.55. The van der Waals surface area contributed by atoms with Gasteiger partial charge in [0, 0.05) is 0 Å². The van der Waals surface area contributed by atoms with Crippen LogP contribution in [0.1, 0.15) is 31.1 Å². The Morgan fingerprint density at radius 2 is 1.81 bits per heavy atom. The summed E-state index contributed by atoms with van der Waals surface area (Å²) in [5.74, 6) is -0.472. The average molecular weight is 350 g/mol. The molecule has 26 heavy (non-hydrogen) atoms. The first-order chi connectivity index (χ1) is 12.5. The number of nitrogens with one attached hydrogen (secondary N) is 1. The van der Waals surface area contributed by atoms with Crippen molar-refractivity contribution in [1.29, 1.82) is 0 Å². The maximum absolute atomic E-state index is 12.7. The van der Waals surface area contributed by atoms with Crippen molar-refractivity contribution in [3.8, 4) is 0 Å². The van der Waals surface area contributed by atoms with Crippen molar-refractivity contribution >= 4 is 29.6 Å². The van der Waals surface area contributed by atoms with Gasteiger partial charge in [0.2, 0.25) is 0 Å². The number of imide groups is 2. The number of amides is 4. The molecule has 1 N–H and O–H groups in total. The highest BCUT2D eigenvalue weighted by Crippen LogP contribution is 2.23. The van der Waals surface area contributed by atoms with Gasteiger partial charge in [-0.2, -0.15) is 0 Å². The molecule has 0 bridgehead atoms. The van der Waals surface area contributed by atoms with Gasteiger partial charge < -0.3 is 4.42 Å². The summed E-state index contributed by atoms with van der Waals surface area (Å²) in [6, 6.07) is 9.81. The molecular weight excluding hydrogens is 332 g/mol. The second kappa shape index (κ2) is 7.23. The van der Waals surface area contributed by atoms with E-state index in [1.54, 1.807) is 30.3 Å². The predicted molar refractivity (Wildman–Crippen MR) is 97.4 cm³/mol. The van der Waals surface area contributed by atoms with Crippen LogP contribution in [0.4, 0.5) is 10.5 Å². The number of barbiturate groups is 1. The maximum Gasteiger partial charge on any atom is 0.335 e. The summed E-state index contributed by atoms with van der Waals surface area (Å²) >= 11 is 0. The van der Waals surface area contributed by atoms with Crippen LogP contribution in [0.2, 0.25) is 0 Å². The number of carbonyl (C=O) groups is 3. The van der Waals surface area contributed by atoms with Crippen LogP contribution in [-0.4, -0.2) is 17.8 Å². The summed E-state index contributed by atoms with van der Waals surface area (Å²) in [5, 5.41) is 2.19. The molecule has 0 saturated carbocycles. The Labute approximate surface area is 150 Å². The van der Waals surface area contributed by atoms with Crippen molar-refractivity contribution in [3.05, 3.63) is 71.7 Å². The minimum Gasteiger partial charge on any atom is -0.465 e. The number of furan rings is 1. The molecule has 3 rings (SSSR count). The third kappa shape index (κ3) is 3.49. The number of hydrogen-bond acceptors (Lipinski definition) is 4. The Morgan fingerprint density at radius 1 is 1.08 bits per heavy atom. The lowest BCUT2D eigenvalue weighted by atomic mass is 10.0. The first-order valence-electron chi connectivity index (χ1n) is 8.19. The quantitative estimate of drug-likeness (QED) is 0.674. The first kappa shape index (κ1) is 17.4.